The lowest BCUT2D eigenvalue weighted by Gasteiger charge is -2.24. The van der Waals surface area contributed by atoms with E-state index >= 15 is 0 Å². The first-order valence-corrected chi connectivity index (χ1v) is 16.2. The van der Waals surface area contributed by atoms with Crippen molar-refractivity contribution in [2.24, 2.45) is 21.8 Å². The summed E-state index contributed by atoms with van der Waals surface area (Å²) in [4.78, 5) is 24.4. The molecule has 2 bridgehead atoms. The van der Waals surface area contributed by atoms with Crippen LogP contribution in [0.4, 0.5) is 9.18 Å². The van der Waals surface area contributed by atoms with Crippen molar-refractivity contribution in [1.29, 1.82) is 0 Å². The number of aliphatic hydroxyl groups excluding tert-OH is 1. The second-order valence-corrected chi connectivity index (χ2v) is 13.3. The predicted octanol–water partition coefficient (Wildman–Crippen LogP) is 8.78. The van der Waals surface area contributed by atoms with Gasteiger partial charge in [-0.05, 0) is 104 Å². The number of hydrogen-bond acceptors (Lipinski definition) is 5. The SMILES string of the molecule is Cc1cc(-c2ccccc2C2=CC3=CN=C(C(O)OCC(/C=N\C(=O)OC(C)(C)C)Cc4c[nH]c5ccccc45)C(C=C2)C3)ccc1F. The fourth-order valence-corrected chi connectivity index (χ4v) is 6.10. The topological polar surface area (TPSA) is 96.3 Å². The number of para-hydroxylation sites is 1. The molecule has 1 amide bonds. The Morgan fingerprint density at radius 1 is 1.12 bits per heavy atom. The first-order chi connectivity index (χ1) is 23.0. The van der Waals surface area contributed by atoms with Crippen LogP contribution in [0.5, 0.6) is 0 Å². The van der Waals surface area contributed by atoms with Gasteiger partial charge in [0.25, 0.3) is 0 Å². The van der Waals surface area contributed by atoms with Gasteiger partial charge in [-0.15, -0.1) is 0 Å². The molecule has 0 fully saturated rings. The number of allylic oxidation sites excluding steroid dienone is 5. The summed E-state index contributed by atoms with van der Waals surface area (Å²) >= 11 is 0. The van der Waals surface area contributed by atoms with Crippen LogP contribution in [-0.2, 0) is 15.9 Å². The monoisotopic (exact) mass is 645 g/mol. The molecular formula is C40H40FN3O4. The number of rotatable bonds is 9. The predicted molar refractivity (Wildman–Crippen MR) is 189 cm³/mol. The molecule has 246 valence electrons. The van der Waals surface area contributed by atoms with E-state index in [0.29, 0.717) is 24.1 Å². The number of aromatic amines is 1. The Hall–Kier alpha value is -4.92. The molecule has 1 aliphatic carbocycles. The van der Waals surface area contributed by atoms with Gasteiger partial charge >= 0.3 is 6.09 Å². The summed E-state index contributed by atoms with van der Waals surface area (Å²) in [7, 11) is 0. The van der Waals surface area contributed by atoms with E-state index in [4.69, 9.17) is 9.47 Å². The van der Waals surface area contributed by atoms with E-state index in [0.717, 1.165) is 44.3 Å². The van der Waals surface area contributed by atoms with Gasteiger partial charge in [0.2, 0.25) is 0 Å². The molecule has 3 unspecified atom stereocenters. The number of amides is 1. The van der Waals surface area contributed by atoms with Crippen LogP contribution >= 0.6 is 0 Å². The second-order valence-electron chi connectivity index (χ2n) is 13.3. The number of ether oxygens (including phenoxy) is 2. The standard InChI is InChI=1S/C40H40FN3O4/c1-25-17-28(15-16-35(25)41)32-9-5-6-10-33(32)29-13-14-30-19-26(18-29)21-43-37(30)38(45)47-24-27(22-44-39(46)48-40(2,3)4)20-31-23-42-36-12-8-7-11-34(31)36/h5-18,21-23,27,30,38,42,45H,19-20,24H2,1-4H3/b44-22-. The zero-order chi connectivity index (χ0) is 33.8. The van der Waals surface area contributed by atoms with E-state index in [-0.39, 0.29) is 24.3 Å². The van der Waals surface area contributed by atoms with E-state index < -0.39 is 18.0 Å². The van der Waals surface area contributed by atoms with Crippen molar-refractivity contribution >= 4 is 34.5 Å². The van der Waals surface area contributed by atoms with Crippen molar-refractivity contribution < 1.29 is 23.8 Å². The number of aromatic nitrogens is 1. The minimum Gasteiger partial charge on any atom is -0.442 e. The van der Waals surface area contributed by atoms with E-state index in [1.165, 1.54) is 6.07 Å². The van der Waals surface area contributed by atoms with E-state index in [2.05, 4.69) is 39.3 Å². The van der Waals surface area contributed by atoms with Gasteiger partial charge in [0.15, 0.2) is 6.29 Å². The summed E-state index contributed by atoms with van der Waals surface area (Å²) in [6.45, 7) is 7.25. The van der Waals surface area contributed by atoms with Gasteiger partial charge in [0.05, 0.1) is 12.3 Å². The first-order valence-electron chi connectivity index (χ1n) is 16.2. The zero-order valence-electron chi connectivity index (χ0n) is 27.6. The van der Waals surface area contributed by atoms with Crippen LogP contribution < -0.4 is 0 Å². The number of carbonyl (C=O) groups is 1. The van der Waals surface area contributed by atoms with Gasteiger partial charge < -0.3 is 19.6 Å². The average molecular weight is 646 g/mol. The lowest BCUT2D eigenvalue weighted by Crippen LogP contribution is -2.33. The molecule has 1 aromatic heterocycles. The number of benzene rings is 3. The molecule has 7 nitrogen and oxygen atoms in total. The molecule has 1 aliphatic heterocycles. The summed E-state index contributed by atoms with van der Waals surface area (Å²) in [5, 5.41) is 12.3. The highest BCUT2D eigenvalue weighted by Gasteiger charge is 2.28. The number of aliphatic imine (C=N–C) groups is 2. The fourth-order valence-electron chi connectivity index (χ4n) is 6.10. The molecule has 0 saturated heterocycles. The Morgan fingerprint density at radius 3 is 2.69 bits per heavy atom. The van der Waals surface area contributed by atoms with Crippen LogP contribution in [0.25, 0.3) is 27.6 Å². The molecular weight excluding hydrogens is 605 g/mol. The number of nitrogens with zero attached hydrogens (tertiary/aromatic N) is 2. The number of fused-ring (bicyclic) bond motifs is 3. The van der Waals surface area contributed by atoms with Crippen molar-refractivity contribution in [2.75, 3.05) is 6.61 Å². The Labute approximate surface area is 280 Å². The Kier molecular flexibility index (Phi) is 9.66. The highest BCUT2D eigenvalue weighted by molar-refractivity contribution is 5.95. The van der Waals surface area contributed by atoms with Gasteiger partial charge in [-0.2, -0.15) is 4.99 Å². The molecule has 3 aromatic carbocycles. The minimum absolute atomic E-state index is 0.104. The largest absolute Gasteiger partial charge is 0.442 e. The highest BCUT2D eigenvalue weighted by Crippen LogP contribution is 2.36. The van der Waals surface area contributed by atoms with Gasteiger partial charge in [-0.3, -0.25) is 4.99 Å². The molecule has 4 aromatic rings. The fraction of sp³-hybridized carbons (Fsp3) is 0.275. The quantitative estimate of drug-likeness (QED) is 0.141. The Bertz CT molecular complexity index is 1980. The maximum absolute atomic E-state index is 14.0. The number of halogens is 1. The minimum atomic E-state index is -1.26. The first kappa shape index (κ1) is 33.0. The van der Waals surface area contributed by atoms with E-state index in [1.807, 2.05) is 54.7 Å². The summed E-state index contributed by atoms with van der Waals surface area (Å²) in [5.41, 5.74) is 7.52. The maximum atomic E-state index is 14.0. The van der Waals surface area contributed by atoms with Gasteiger partial charge in [-0.1, -0.05) is 60.7 Å². The zero-order valence-corrected chi connectivity index (χ0v) is 27.6. The lowest BCUT2D eigenvalue weighted by atomic mass is 9.92. The van der Waals surface area contributed by atoms with Crippen LogP contribution in [0.15, 0.2) is 113 Å². The Morgan fingerprint density at radius 2 is 1.90 bits per heavy atom. The van der Waals surface area contributed by atoms with Crippen molar-refractivity contribution in [1.82, 2.24) is 4.98 Å². The van der Waals surface area contributed by atoms with Crippen molar-refractivity contribution in [2.45, 2.75) is 52.4 Å². The summed E-state index contributed by atoms with van der Waals surface area (Å²) in [6, 6.07) is 21.3. The number of hydrogen-bond donors (Lipinski definition) is 2. The van der Waals surface area contributed by atoms with Crippen molar-refractivity contribution in [3.63, 3.8) is 0 Å². The number of H-pyrrole nitrogens is 1. The van der Waals surface area contributed by atoms with Crippen molar-refractivity contribution in [3.05, 3.63) is 125 Å². The van der Waals surface area contributed by atoms with Crippen LogP contribution in [0.1, 0.15) is 43.9 Å². The van der Waals surface area contributed by atoms with E-state index in [1.54, 1.807) is 46.2 Å². The van der Waals surface area contributed by atoms with Crippen LogP contribution in [0.3, 0.4) is 0 Å². The molecule has 0 saturated carbocycles. The molecule has 6 rings (SSSR count). The third kappa shape index (κ3) is 7.78. The molecule has 0 spiro atoms. The van der Waals surface area contributed by atoms with Crippen molar-refractivity contribution in [3.8, 4) is 11.1 Å². The third-order valence-corrected chi connectivity index (χ3v) is 8.43. The molecule has 2 aliphatic rings. The normalized spacial score (nSPS) is 17.5. The Balaban J connectivity index is 1.18. The van der Waals surface area contributed by atoms with Gasteiger partial charge in [-0.25, -0.2) is 9.18 Å². The van der Waals surface area contributed by atoms with Gasteiger partial charge in [0.1, 0.15) is 11.4 Å². The molecule has 8 heteroatoms. The second kappa shape index (κ2) is 14.1. The maximum Gasteiger partial charge on any atom is 0.433 e. The molecule has 48 heavy (non-hydrogen) atoms. The number of nitrogens with one attached hydrogen (secondary N) is 1. The van der Waals surface area contributed by atoms with Gasteiger partial charge in [0, 0.05) is 41.4 Å². The number of carbonyl (C=O) groups excluding carboxylic acids is 1. The number of aliphatic hydroxyl groups is 1. The number of aryl methyl sites for hydroxylation is 1. The molecule has 2 N–H and O–H groups in total. The summed E-state index contributed by atoms with van der Waals surface area (Å²) < 4.78 is 25.4. The summed E-state index contributed by atoms with van der Waals surface area (Å²) in [6.07, 6.45) is 10.8. The molecule has 2 heterocycles. The third-order valence-electron chi connectivity index (χ3n) is 8.43. The van der Waals surface area contributed by atoms with Crippen LogP contribution in [-0.4, -0.2) is 46.6 Å². The van der Waals surface area contributed by atoms with Crippen LogP contribution in [0.2, 0.25) is 0 Å². The smallest absolute Gasteiger partial charge is 0.433 e. The molecule has 3 atom stereocenters. The van der Waals surface area contributed by atoms with Crippen LogP contribution in [0, 0.1) is 24.6 Å². The average Bonchev–Trinajstić information content (AvgIpc) is 3.39. The highest BCUT2D eigenvalue weighted by atomic mass is 19.1. The summed E-state index contributed by atoms with van der Waals surface area (Å²) in [5.74, 6) is -0.725. The lowest BCUT2D eigenvalue weighted by molar-refractivity contribution is -0.0581. The molecule has 0 radical (unpaired) electrons. The van der Waals surface area contributed by atoms with E-state index in [9.17, 15) is 14.3 Å².